The zero-order chi connectivity index (χ0) is 17.4. The standard InChI is InChI=1S/C19H22BrNO3/c1-24-18-9-8-16(20)13-17(18)19(23)21-11-10-15-6-4-14(5-7-15)3-2-12-22/h4-9,13,22H,2-3,10-12H2,1H3,(H,21,23). The highest BCUT2D eigenvalue weighted by molar-refractivity contribution is 9.10. The van der Waals surface area contributed by atoms with Gasteiger partial charge in [0.15, 0.2) is 0 Å². The number of rotatable bonds is 8. The molecule has 1 amide bonds. The van der Waals surface area contributed by atoms with Crippen LogP contribution < -0.4 is 10.1 Å². The summed E-state index contributed by atoms with van der Waals surface area (Å²) >= 11 is 3.37. The first-order valence-electron chi connectivity index (χ1n) is 7.94. The first-order valence-corrected chi connectivity index (χ1v) is 8.73. The summed E-state index contributed by atoms with van der Waals surface area (Å²) in [5, 5.41) is 11.8. The molecule has 5 heteroatoms. The zero-order valence-corrected chi connectivity index (χ0v) is 15.3. The Morgan fingerprint density at radius 3 is 2.42 bits per heavy atom. The molecule has 2 rings (SSSR count). The van der Waals surface area contributed by atoms with E-state index in [2.05, 4.69) is 45.5 Å². The Balaban J connectivity index is 1.87. The molecule has 0 aromatic heterocycles. The maximum absolute atomic E-state index is 12.3. The van der Waals surface area contributed by atoms with E-state index < -0.39 is 0 Å². The summed E-state index contributed by atoms with van der Waals surface area (Å²) in [6, 6.07) is 13.6. The maximum Gasteiger partial charge on any atom is 0.255 e. The molecule has 0 aliphatic heterocycles. The van der Waals surface area contributed by atoms with Crippen LogP contribution in [0.4, 0.5) is 0 Å². The number of benzene rings is 2. The van der Waals surface area contributed by atoms with Crippen molar-refractivity contribution in [3.05, 3.63) is 63.6 Å². The van der Waals surface area contributed by atoms with Crippen molar-refractivity contribution in [1.29, 1.82) is 0 Å². The highest BCUT2D eigenvalue weighted by Gasteiger charge is 2.12. The van der Waals surface area contributed by atoms with Crippen LogP contribution in [-0.2, 0) is 12.8 Å². The second kappa shape index (κ2) is 9.45. The van der Waals surface area contributed by atoms with Crippen LogP contribution in [0.1, 0.15) is 27.9 Å². The molecule has 0 bridgehead atoms. The van der Waals surface area contributed by atoms with E-state index in [1.807, 2.05) is 6.07 Å². The van der Waals surface area contributed by atoms with E-state index in [1.165, 1.54) is 11.1 Å². The summed E-state index contributed by atoms with van der Waals surface area (Å²) in [5.74, 6) is 0.414. The lowest BCUT2D eigenvalue weighted by Crippen LogP contribution is -2.26. The van der Waals surface area contributed by atoms with Crippen molar-refractivity contribution in [2.75, 3.05) is 20.3 Å². The molecule has 24 heavy (non-hydrogen) atoms. The number of ether oxygens (including phenoxy) is 1. The normalized spacial score (nSPS) is 10.5. The first-order chi connectivity index (χ1) is 11.6. The highest BCUT2D eigenvalue weighted by atomic mass is 79.9. The number of nitrogens with one attached hydrogen (secondary N) is 1. The highest BCUT2D eigenvalue weighted by Crippen LogP contribution is 2.22. The van der Waals surface area contributed by atoms with Gasteiger partial charge in [-0.05, 0) is 48.6 Å². The molecule has 0 saturated carbocycles. The lowest BCUT2D eigenvalue weighted by Gasteiger charge is -2.10. The summed E-state index contributed by atoms with van der Waals surface area (Å²) in [4.78, 5) is 12.3. The maximum atomic E-state index is 12.3. The molecule has 0 unspecified atom stereocenters. The molecule has 0 radical (unpaired) electrons. The molecular formula is C19H22BrNO3. The minimum Gasteiger partial charge on any atom is -0.496 e. The molecule has 0 atom stereocenters. The molecule has 0 aliphatic rings. The van der Waals surface area contributed by atoms with E-state index in [9.17, 15) is 4.79 Å². The van der Waals surface area contributed by atoms with Gasteiger partial charge in [0, 0.05) is 17.6 Å². The van der Waals surface area contributed by atoms with Crippen LogP contribution in [0.2, 0.25) is 0 Å². The third-order valence-corrected chi connectivity index (χ3v) is 4.25. The number of methoxy groups -OCH3 is 1. The number of hydrogen-bond donors (Lipinski definition) is 2. The topological polar surface area (TPSA) is 58.6 Å². The molecule has 0 saturated heterocycles. The fraction of sp³-hybridized carbons (Fsp3) is 0.316. The van der Waals surface area contributed by atoms with Crippen LogP contribution in [-0.4, -0.2) is 31.3 Å². The van der Waals surface area contributed by atoms with Gasteiger partial charge in [0.25, 0.3) is 5.91 Å². The van der Waals surface area contributed by atoms with Gasteiger partial charge in [-0.3, -0.25) is 4.79 Å². The van der Waals surface area contributed by atoms with E-state index in [-0.39, 0.29) is 12.5 Å². The Morgan fingerprint density at radius 2 is 1.79 bits per heavy atom. The number of hydrogen-bond acceptors (Lipinski definition) is 3. The van der Waals surface area contributed by atoms with E-state index in [1.54, 1.807) is 19.2 Å². The van der Waals surface area contributed by atoms with E-state index in [4.69, 9.17) is 9.84 Å². The quantitative estimate of drug-likeness (QED) is 0.725. The third-order valence-electron chi connectivity index (χ3n) is 3.75. The molecule has 0 aliphatic carbocycles. The SMILES string of the molecule is COc1ccc(Br)cc1C(=O)NCCc1ccc(CCCO)cc1. The third kappa shape index (κ3) is 5.35. The monoisotopic (exact) mass is 391 g/mol. The van der Waals surface area contributed by atoms with Gasteiger partial charge in [-0.15, -0.1) is 0 Å². The van der Waals surface area contributed by atoms with Gasteiger partial charge in [-0.1, -0.05) is 40.2 Å². The molecule has 2 N–H and O–H groups in total. The van der Waals surface area contributed by atoms with Crippen molar-refractivity contribution >= 4 is 21.8 Å². The number of carbonyl (C=O) groups is 1. The molecule has 2 aromatic carbocycles. The molecule has 128 valence electrons. The van der Waals surface area contributed by atoms with Crippen molar-refractivity contribution in [3.8, 4) is 5.75 Å². The number of carbonyl (C=O) groups excluding carboxylic acids is 1. The van der Waals surface area contributed by atoms with Crippen molar-refractivity contribution < 1.29 is 14.6 Å². The minimum absolute atomic E-state index is 0.146. The van der Waals surface area contributed by atoms with Gasteiger partial charge in [-0.25, -0.2) is 0 Å². The van der Waals surface area contributed by atoms with Gasteiger partial charge in [0.1, 0.15) is 5.75 Å². The summed E-state index contributed by atoms with van der Waals surface area (Å²) < 4.78 is 6.07. The van der Waals surface area contributed by atoms with Crippen LogP contribution in [0.15, 0.2) is 46.9 Å². The van der Waals surface area contributed by atoms with Gasteiger partial charge in [0.2, 0.25) is 0 Å². The number of amides is 1. The lowest BCUT2D eigenvalue weighted by molar-refractivity contribution is 0.0951. The average molecular weight is 392 g/mol. The molecule has 2 aromatic rings. The lowest BCUT2D eigenvalue weighted by atomic mass is 10.1. The molecule has 0 heterocycles. The smallest absolute Gasteiger partial charge is 0.255 e. The largest absolute Gasteiger partial charge is 0.496 e. The fourth-order valence-corrected chi connectivity index (χ4v) is 2.79. The van der Waals surface area contributed by atoms with Crippen LogP contribution in [0, 0.1) is 0 Å². The number of aliphatic hydroxyl groups excluding tert-OH is 1. The Bertz CT molecular complexity index is 671. The van der Waals surface area contributed by atoms with Gasteiger partial charge in [0.05, 0.1) is 12.7 Å². The Labute approximate surface area is 151 Å². The van der Waals surface area contributed by atoms with Crippen LogP contribution in [0.5, 0.6) is 5.75 Å². The van der Waals surface area contributed by atoms with Crippen molar-refractivity contribution in [2.45, 2.75) is 19.3 Å². The van der Waals surface area contributed by atoms with Gasteiger partial charge < -0.3 is 15.2 Å². The summed E-state index contributed by atoms with van der Waals surface area (Å²) in [6.45, 7) is 0.775. The fourth-order valence-electron chi connectivity index (χ4n) is 2.43. The Morgan fingerprint density at radius 1 is 1.12 bits per heavy atom. The average Bonchev–Trinajstić information content (AvgIpc) is 2.61. The first kappa shape index (κ1) is 18.5. The van der Waals surface area contributed by atoms with Gasteiger partial charge in [-0.2, -0.15) is 0 Å². The second-order valence-corrected chi connectivity index (χ2v) is 6.41. The molecule has 0 spiro atoms. The predicted molar refractivity (Wildman–Crippen MR) is 98.6 cm³/mol. The summed E-state index contributed by atoms with van der Waals surface area (Å²) in [6.07, 6.45) is 2.43. The predicted octanol–water partition coefficient (Wildman–Crippen LogP) is 3.36. The van der Waals surface area contributed by atoms with Crippen LogP contribution >= 0.6 is 15.9 Å². The zero-order valence-electron chi connectivity index (χ0n) is 13.7. The van der Waals surface area contributed by atoms with E-state index in [0.717, 1.165) is 23.7 Å². The Kier molecular flexibility index (Phi) is 7.28. The van der Waals surface area contributed by atoms with Crippen molar-refractivity contribution in [1.82, 2.24) is 5.32 Å². The van der Waals surface area contributed by atoms with Crippen LogP contribution in [0.25, 0.3) is 0 Å². The van der Waals surface area contributed by atoms with E-state index in [0.29, 0.717) is 17.9 Å². The van der Waals surface area contributed by atoms with Crippen LogP contribution in [0.3, 0.4) is 0 Å². The summed E-state index contributed by atoms with van der Waals surface area (Å²) in [5.41, 5.74) is 2.91. The Hall–Kier alpha value is -1.85. The number of aryl methyl sites for hydroxylation is 1. The van der Waals surface area contributed by atoms with E-state index >= 15 is 0 Å². The molecular weight excluding hydrogens is 370 g/mol. The van der Waals surface area contributed by atoms with Gasteiger partial charge >= 0.3 is 0 Å². The number of halogens is 1. The molecule has 0 fully saturated rings. The van der Waals surface area contributed by atoms with Crippen molar-refractivity contribution in [3.63, 3.8) is 0 Å². The summed E-state index contributed by atoms with van der Waals surface area (Å²) in [7, 11) is 1.55. The number of aliphatic hydroxyl groups is 1. The minimum atomic E-state index is -0.146. The van der Waals surface area contributed by atoms with Crippen molar-refractivity contribution in [2.24, 2.45) is 0 Å². The second-order valence-electron chi connectivity index (χ2n) is 5.49. The molecule has 4 nitrogen and oxygen atoms in total.